The van der Waals surface area contributed by atoms with E-state index in [9.17, 15) is 0 Å². The van der Waals surface area contributed by atoms with Crippen molar-refractivity contribution >= 4 is 0 Å². The van der Waals surface area contributed by atoms with Gasteiger partial charge in [0.15, 0.2) is 0 Å². The van der Waals surface area contributed by atoms with Gasteiger partial charge in [-0.1, -0.05) is 214 Å². The van der Waals surface area contributed by atoms with Gasteiger partial charge in [-0.3, -0.25) is 0 Å². The summed E-state index contributed by atoms with van der Waals surface area (Å²) in [7, 11) is 0. The topological polar surface area (TPSA) is 0 Å². The maximum absolute atomic E-state index is 2.51. The van der Waals surface area contributed by atoms with E-state index in [0.29, 0.717) is 0 Å². The van der Waals surface area contributed by atoms with Crippen molar-refractivity contribution in [2.45, 2.75) is 214 Å². The van der Waals surface area contributed by atoms with E-state index >= 15 is 0 Å². The normalized spacial score (nSPS) is 14.2. The maximum atomic E-state index is 2.51. The molecule has 3 unspecified atom stereocenters. The van der Waals surface area contributed by atoms with Gasteiger partial charge in [0, 0.05) is 0 Å². The summed E-state index contributed by atoms with van der Waals surface area (Å²) in [6.07, 6.45) is 41.0. The number of rotatable bonds is 30. The summed E-state index contributed by atoms with van der Waals surface area (Å²) in [5.74, 6) is 2.87. The van der Waals surface area contributed by atoms with Crippen LogP contribution < -0.4 is 0 Å². The van der Waals surface area contributed by atoms with E-state index in [1.54, 1.807) is 0 Å². The molecule has 0 heterocycles. The van der Waals surface area contributed by atoms with Gasteiger partial charge in [-0.15, -0.1) is 0 Å². The van der Waals surface area contributed by atoms with Crippen LogP contribution in [0.4, 0.5) is 0 Å². The van der Waals surface area contributed by atoms with Crippen LogP contribution in [0.2, 0.25) is 0 Å². The van der Waals surface area contributed by atoms with Gasteiger partial charge in [0.25, 0.3) is 0 Å². The molecular weight excluding hydrogens is 432 g/mol. The van der Waals surface area contributed by atoms with Crippen molar-refractivity contribution in [3.05, 3.63) is 0 Å². The van der Waals surface area contributed by atoms with Crippen molar-refractivity contribution in [1.82, 2.24) is 0 Å². The molecule has 218 valence electrons. The zero-order chi connectivity index (χ0) is 26.5. The van der Waals surface area contributed by atoms with E-state index in [0.717, 1.165) is 17.8 Å². The molecule has 0 rings (SSSR count). The monoisotopic (exact) mass is 507 g/mol. The Morgan fingerprint density at radius 1 is 0.250 bits per heavy atom. The maximum Gasteiger partial charge on any atom is -0.0443 e. The fraction of sp³-hybridized carbons (Fsp3) is 1.00. The Kier molecular flexibility index (Phi) is 29.6. The fourth-order valence-corrected chi connectivity index (χ4v) is 6.00. The van der Waals surface area contributed by atoms with E-state index in [4.69, 9.17) is 0 Å². The third-order valence-corrected chi connectivity index (χ3v) is 8.89. The van der Waals surface area contributed by atoms with Gasteiger partial charge < -0.3 is 0 Å². The largest absolute Gasteiger partial charge is 0.0654 e. The van der Waals surface area contributed by atoms with Crippen LogP contribution in [-0.2, 0) is 0 Å². The molecule has 0 aromatic rings. The SMILES string of the molecule is CCCCCCCCCCCCCCC(C)CCCC(C)CCCCCCCCCC(C)CCCC. The first-order valence-electron chi connectivity index (χ1n) is 17.6. The smallest absolute Gasteiger partial charge is 0.0443 e. The molecule has 0 heteroatoms. The van der Waals surface area contributed by atoms with Crippen molar-refractivity contribution in [2.75, 3.05) is 0 Å². The fourth-order valence-electron chi connectivity index (χ4n) is 6.00. The first-order chi connectivity index (χ1) is 17.6. The molecule has 0 radical (unpaired) electrons. The van der Waals surface area contributed by atoms with Gasteiger partial charge in [-0.05, 0) is 17.8 Å². The van der Waals surface area contributed by atoms with Crippen LogP contribution in [0.1, 0.15) is 214 Å². The Bertz CT molecular complexity index is 385. The van der Waals surface area contributed by atoms with Gasteiger partial charge in [-0.25, -0.2) is 0 Å². The minimum atomic E-state index is 0.952. The first kappa shape index (κ1) is 36.0. The van der Waals surface area contributed by atoms with Crippen LogP contribution in [0.15, 0.2) is 0 Å². The minimum absolute atomic E-state index is 0.952. The second-order valence-electron chi connectivity index (χ2n) is 13.1. The predicted molar refractivity (Wildman–Crippen MR) is 168 cm³/mol. The Morgan fingerprint density at radius 3 is 0.778 bits per heavy atom. The highest BCUT2D eigenvalue weighted by atomic mass is 14.1. The molecule has 0 aromatic carbocycles. The highest BCUT2D eigenvalue weighted by molar-refractivity contribution is 4.60. The molecule has 0 saturated heterocycles. The first-order valence-corrected chi connectivity index (χ1v) is 17.6. The lowest BCUT2D eigenvalue weighted by Crippen LogP contribution is -1.99. The molecule has 0 nitrogen and oxygen atoms in total. The molecule has 0 N–H and O–H groups in total. The zero-order valence-electron chi connectivity index (χ0n) is 26.5. The Hall–Kier alpha value is 0. The van der Waals surface area contributed by atoms with E-state index in [1.165, 1.54) is 180 Å². The van der Waals surface area contributed by atoms with Crippen molar-refractivity contribution in [1.29, 1.82) is 0 Å². The quantitative estimate of drug-likeness (QED) is 0.0849. The standard InChI is InChI=1S/C36H74/c1-6-8-10-11-12-13-14-15-16-18-21-25-30-35(4)32-27-33-36(5)31-26-23-20-17-19-22-24-29-34(3)28-9-7-2/h34-36H,6-33H2,1-5H3. The van der Waals surface area contributed by atoms with Crippen LogP contribution in [0, 0.1) is 17.8 Å². The third-order valence-electron chi connectivity index (χ3n) is 8.89. The van der Waals surface area contributed by atoms with Gasteiger partial charge in [0.1, 0.15) is 0 Å². The van der Waals surface area contributed by atoms with E-state index in [2.05, 4.69) is 34.6 Å². The summed E-state index contributed by atoms with van der Waals surface area (Å²) >= 11 is 0. The van der Waals surface area contributed by atoms with Crippen LogP contribution in [0.3, 0.4) is 0 Å². The summed E-state index contributed by atoms with van der Waals surface area (Å²) in [5.41, 5.74) is 0. The van der Waals surface area contributed by atoms with Crippen molar-refractivity contribution in [3.63, 3.8) is 0 Å². The molecule has 0 spiro atoms. The minimum Gasteiger partial charge on any atom is -0.0654 e. The van der Waals surface area contributed by atoms with Crippen LogP contribution in [0.5, 0.6) is 0 Å². The lowest BCUT2D eigenvalue weighted by Gasteiger charge is -2.14. The molecule has 0 saturated carbocycles. The van der Waals surface area contributed by atoms with Gasteiger partial charge >= 0.3 is 0 Å². The molecule has 0 bridgehead atoms. The number of hydrogen-bond donors (Lipinski definition) is 0. The second kappa shape index (κ2) is 29.6. The molecule has 3 atom stereocenters. The van der Waals surface area contributed by atoms with Crippen LogP contribution >= 0.6 is 0 Å². The molecule has 0 amide bonds. The van der Waals surface area contributed by atoms with E-state index < -0.39 is 0 Å². The van der Waals surface area contributed by atoms with Crippen LogP contribution in [0.25, 0.3) is 0 Å². The molecular formula is C36H74. The Morgan fingerprint density at radius 2 is 0.472 bits per heavy atom. The summed E-state index contributed by atoms with van der Waals surface area (Å²) < 4.78 is 0. The summed E-state index contributed by atoms with van der Waals surface area (Å²) in [6.45, 7) is 12.1. The Labute approximate surface area is 232 Å². The van der Waals surface area contributed by atoms with Crippen LogP contribution in [-0.4, -0.2) is 0 Å². The average Bonchev–Trinajstić information content (AvgIpc) is 2.87. The van der Waals surface area contributed by atoms with Gasteiger partial charge in [0.05, 0.1) is 0 Å². The van der Waals surface area contributed by atoms with Gasteiger partial charge in [0.2, 0.25) is 0 Å². The average molecular weight is 507 g/mol. The molecule has 0 aromatic heterocycles. The molecule has 36 heavy (non-hydrogen) atoms. The molecule has 0 fully saturated rings. The van der Waals surface area contributed by atoms with E-state index in [1.807, 2.05) is 0 Å². The van der Waals surface area contributed by atoms with Crippen molar-refractivity contribution in [3.8, 4) is 0 Å². The lowest BCUT2D eigenvalue weighted by molar-refractivity contribution is 0.390. The third kappa shape index (κ3) is 28.6. The van der Waals surface area contributed by atoms with Gasteiger partial charge in [-0.2, -0.15) is 0 Å². The number of hydrogen-bond acceptors (Lipinski definition) is 0. The second-order valence-corrected chi connectivity index (χ2v) is 13.1. The highest BCUT2D eigenvalue weighted by Gasteiger charge is 2.06. The summed E-state index contributed by atoms with van der Waals surface area (Å²) in [5, 5.41) is 0. The molecule has 0 aliphatic rings. The summed E-state index contributed by atoms with van der Waals surface area (Å²) in [4.78, 5) is 0. The Balaban J connectivity index is 3.31. The lowest BCUT2D eigenvalue weighted by atomic mass is 9.92. The molecule has 0 aliphatic heterocycles. The highest BCUT2D eigenvalue weighted by Crippen LogP contribution is 2.22. The van der Waals surface area contributed by atoms with Crippen molar-refractivity contribution in [2.24, 2.45) is 17.8 Å². The van der Waals surface area contributed by atoms with Crippen molar-refractivity contribution < 1.29 is 0 Å². The van der Waals surface area contributed by atoms with E-state index in [-0.39, 0.29) is 0 Å². The molecule has 0 aliphatic carbocycles. The number of unbranched alkanes of at least 4 members (excludes halogenated alkanes) is 18. The predicted octanol–water partition coefficient (Wildman–Crippen LogP) is 13.9. The zero-order valence-corrected chi connectivity index (χ0v) is 26.5. The summed E-state index contributed by atoms with van der Waals surface area (Å²) in [6, 6.07) is 0.